The number of carbonyl (C=O) groups is 2. The Kier molecular flexibility index (Phi) is 5.51. The van der Waals surface area contributed by atoms with Crippen LogP contribution in [0, 0.1) is 11.7 Å². The van der Waals surface area contributed by atoms with Gasteiger partial charge >= 0.3 is 0 Å². The fourth-order valence-corrected chi connectivity index (χ4v) is 3.09. The number of nitrogens with zero attached hydrogens (tertiary/aromatic N) is 1. The van der Waals surface area contributed by atoms with Gasteiger partial charge in [0.05, 0.1) is 18.7 Å². The molecule has 1 aliphatic heterocycles. The van der Waals surface area contributed by atoms with E-state index in [0.29, 0.717) is 30.9 Å². The summed E-state index contributed by atoms with van der Waals surface area (Å²) in [7, 11) is 1.55. The number of anilines is 1. The number of nitrogens with one attached hydrogen (secondary N) is 1. The molecule has 0 unspecified atom stereocenters. The largest absolute Gasteiger partial charge is 0.495 e. The maximum atomic E-state index is 12.9. The predicted octanol–water partition coefficient (Wildman–Crippen LogP) is 2.55. The molecule has 1 atom stereocenters. The topological polar surface area (TPSA) is 58.6 Å². The first-order chi connectivity index (χ1) is 12.6. The van der Waals surface area contributed by atoms with Gasteiger partial charge in [-0.25, -0.2) is 4.39 Å². The van der Waals surface area contributed by atoms with Crippen LogP contribution in [0.4, 0.5) is 10.1 Å². The highest BCUT2D eigenvalue weighted by molar-refractivity contribution is 6.01. The lowest BCUT2D eigenvalue weighted by molar-refractivity contribution is -0.126. The smallest absolute Gasteiger partial charge is 0.227 e. The summed E-state index contributed by atoms with van der Waals surface area (Å²) < 4.78 is 18.2. The average molecular weight is 356 g/mol. The number of hydrogen-bond acceptors (Lipinski definition) is 3. The molecule has 2 amide bonds. The Morgan fingerprint density at radius 2 is 1.96 bits per heavy atom. The summed E-state index contributed by atoms with van der Waals surface area (Å²) in [5.41, 5.74) is 1.63. The van der Waals surface area contributed by atoms with Gasteiger partial charge in [0.1, 0.15) is 11.6 Å². The van der Waals surface area contributed by atoms with Crippen LogP contribution in [0.25, 0.3) is 0 Å². The van der Waals surface area contributed by atoms with Crippen LogP contribution in [-0.2, 0) is 16.0 Å². The minimum absolute atomic E-state index is 0.0896. The highest BCUT2D eigenvalue weighted by Gasteiger charge is 2.36. The highest BCUT2D eigenvalue weighted by Crippen LogP contribution is 2.32. The van der Waals surface area contributed by atoms with Gasteiger partial charge in [-0.15, -0.1) is 0 Å². The maximum absolute atomic E-state index is 12.9. The molecule has 0 radical (unpaired) electrons. The van der Waals surface area contributed by atoms with E-state index in [-0.39, 0.29) is 30.0 Å². The van der Waals surface area contributed by atoms with Crippen molar-refractivity contribution in [1.82, 2.24) is 5.32 Å². The van der Waals surface area contributed by atoms with E-state index in [0.717, 1.165) is 5.56 Å². The number of carbonyl (C=O) groups excluding carboxylic acids is 2. The van der Waals surface area contributed by atoms with E-state index < -0.39 is 0 Å². The normalized spacial score (nSPS) is 16.6. The van der Waals surface area contributed by atoms with Crippen LogP contribution >= 0.6 is 0 Å². The molecular formula is C20H21FN2O3. The SMILES string of the molecule is COc1ccccc1N1C[C@@H](C(=O)NCCc2ccc(F)cc2)CC1=O. The monoisotopic (exact) mass is 356 g/mol. The van der Waals surface area contributed by atoms with Gasteiger partial charge in [-0.2, -0.15) is 0 Å². The maximum Gasteiger partial charge on any atom is 0.227 e. The molecule has 1 N–H and O–H groups in total. The van der Waals surface area contributed by atoms with Crippen LogP contribution in [0.15, 0.2) is 48.5 Å². The van der Waals surface area contributed by atoms with Crippen molar-refractivity contribution in [2.45, 2.75) is 12.8 Å². The molecule has 1 aliphatic rings. The lowest BCUT2D eigenvalue weighted by atomic mass is 10.1. The second-order valence-corrected chi connectivity index (χ2v) is 6.24. The van der Waals surface area contributed by atoms with Crippen LogP contribution in [0.1, 0.15) is 12.0 Å². The van der Waals surface area contributed by atoms with Crippen LogP contribution in [0.3, 0.4) is 0 Å². The van der Waals surface area contributed by atoms with Crippen molar-refractivity contribution in [2.24, 2.45) is 5.92 Å². The standard InChI is InChI=1S/C20H21FN2O3/c1-26-18-5-3-2-4-17(18)23-13-15(12-19(23)24)20(25)22-11-10-14-6-8-16(21)9-7-14/h2-9,15H,10-13H2,1H3,(H,22,25)/t15-/m0/s1. The van der Waals surface area contributed by atoms with Crippen molar-refractivity contribution in [3.8, 4) is 5.75 Å². The van der Waals surface area contributed by atoms with Crippen molar-refractivity contribution in [3.63, 3.8) is 0 Å². The second kappa shape index (κ2) is 7.99. The fraction of sp³-hybridized carbons (Fsp3) is 0.300. The molecule has 2 aromatic carbocycles. The Labute approximate surface area is 151 Å². The Morgan fingerprint density at radius 3 is 2.69 bits per heavy atom. The molecule has 0 aliphatic carbocycles. The molecule has 0 saturated carbocycles. The van der Waals surface area contributed by atoms with Gasteiger partial charge in [0.25, 0.3) is 0 Å². The van der Waals surface area contributed by atoms with Crippen LogP contribution in [0.2, 0.25) is 0 Å². The third kappa shape index (κ3) is 4.02. The summed E-state index contributed by atoms with van der Waals surface area (Å²) in [5, 5.41) is 2.87. The molecule has 3 rings (SSSR count). The predicted molar refractivity (Wildman–Crippen MR) is 96.6 cm³/mol. The van der Waals surface area contributed by atoms with E-state index in [1.165, 1.54) is 12.1 Å². The van der Waals surface area contributed by atoms with Gasteiger partial charge < -0.3 is 15.0 Å². The van der Waals surface area contributed by atoms with Gasteiger partial charge in [-0.05, 0) is 36.2 Å². The van der Waals surface area contributed by atoms with Crippen molar-refractivity contribution < 1.29 is 18.7 Å². The van der Waals surface area contributed by atoms with Crippen molar-refractivity contribution in [3.05, 3.63) is 59.9 Å². The third-order valence-electron chi connectivity index (χ3n) is 4.50. The quantitative estimate of drug-likeness (QED) is 0.865. The average Bonchev–Trinajstić information content (AvgIpc) is 3.05. The van der Waals surface area contributed by atoms with E-state index in [9.17, 15) is 14.0 Å². The molecule has 136 valence electrons. The summed E-state index contributed by atoms with van der Waals surface area (Å²) in [4.78, 5) is 26.3. The van der Waals surface area contributed by atoms with E-state index >= 15 is 0 Å². The number of para-hydroxylation sites is 2. The van der Waals surface area contributed by atoms with E-state index in [1.54, 1.807) is 30.2 Å². The molecule has 0 spiro atoms. The molecule has 26 heavy (non-hydrogen) atoms. The van der Waals surface area contributed by atoms with Gasteiger partial charge in [0.2, 0.25) is 11.8 Å². The zero-order valence-electron chi connectivity index (χ0n) is 14.6. The summed E-state index contributed by atoms with van der Waals surface area (Å²) in [6.45, 7) is 0.783. The van der Waals surface area contributed by atoms with Gasteiger partial charge in [-0.1, -0.05) is 24.3 Å². The number of benzene rings is 2. The molecule has 0 bridgehead atoms. The third-order valence-corrected chi connectivity index (χ3v) is 4.50. The summed E-state index contributed by atoms with van der Waals surface area (Å²) in [6.07, 6.45) is 0.795. The van der Waals surface area contributed by atoms with Crippen molar-refractivity contribution in [2.75, 3.05) is 25.1 Å². The second-order valence-electron chi connectivity index (χ2n) is 6.24. The fourth-order valence-electron chi connectivity index (χ4n) is 3.09. The van der Waals surface area contributed by atoms with Crippen LogP contribution in [0.5, 0.6) is 5.75 Å². The number of hydrogen-bond donors (Lipinski definition) is 1. The number of halogens is 1. The number of ether oxygens (including phenoxy) is 1. The van der Waals surface area contributed by atoms with Crippen LogP contribution in [-0.4, -0.2) is 32.0 Å². The highest BCUT2D eigenvalue weighted by atomic mass is 19.1. The van der Waals surface area contributed by atoms with Crippen molar-refractivity contribution >= 4 is 17.5 Å². The zero-order chi connectivity index (χ0) is 18.5. The molecule has 6 heteroatoms. The molecule has 2 aromatic rings. The first kappa shape index (κ1) is 17.9. The van der Waals surface area contributed by atoms with E-state index in [2.05, 4.69) is 5.32 Å². The Balaban J connectivity index is 1.56. The minimum atomic E-state index is -0.388. The Morgan fingerprint density at radius 1 is 1.23 bits per heavy atom. The Hall–Kier alpha value is -2.89. The van der Waals surface area contributed by atoms with Gasteiger partial charge in [0, 0.05) is 19.5 Å². The lowest BCUT2D eigenvalue weighted by Crippen LogP contribution is -2.34. The first-order valence-corrected chi connectivity index (χ1v) is 8.54. The minimum Gasteiger partial charge on any atom is -0.495 e. The summed E-state index contributed by atoms with van der Waals surface area (Å²) >= 11 is 0. The molecule has 0 aromatic heterocycles. The Bertz CT molecular complexity index is 792. The summed E-state index contributed by atoms with van der Waals surface area (Å²) in [6, 6.07) is 13.5. The number of amides is 2. The molecule has 5 nitrogen and oxygen atoms in total. The number of methoxy groups -OCH3 is 1. The first-order valence-electron chi connectivity index (χ1n) is 8.54. The van der Waals surface area contributed by atoms with E-state index in [1.807, 2.05) is 18.2 Å². The molecular weight excluding hydrogens is 335 g/mol. The van der Waals surface area contributed by atoms with Gasteiger partial charge in [0.15, 0.2) is 0 Å². The number of rotatable bonds is 6. The summed E-state index contributed by atoms with van der Waals surface area (Å²) in [5.74, 6) is -0.288. The lowest BCUT2D eigenvalue weighted by Gasteiger charge is -2.19. The molecule has 1 saturated heterocycles. The molecule has 1 fully saturated rings. The van der Waals surface area contributed by atoms with E-state index in [4.69, 9.17) is 4.74 Å². The van der Waals surface area contributed by atoms with Crippen LogP contribution < -0.4 is 15.0 Å². The molecule has 1 heterocycles. The zero-order valence-corrected chi connectivity index (χ0v) is 14.6. The van der Waals surface area contributed by atoms with Gasteiger partial charge in [-0.3, -0.25) is 9.59 Å². The van der Waals surface area contributed by atoms with Crippen molar-refractivity contribution in [1.29, 1.82) is 0 Å².